The zero-order valence-electron chi connectivity index (χ0n) is 12.7. The summed E-state index contributed by atoms with van der Waals surface area (Å²) in [7, 11) is 0. The van der Waals surface area contributed by atoms with Gasteiger partial charge in [-0.1, -0.05) is 30.3 Å². The zero-order valence-corrected chi connectivity index (χ0v) is 12.7. The third-order valence-electron chi connectivity index (χ3n) is 4.47. The first kappa shape index (κ1) is 15.2. The second-order valence-corrected chi connectivity index (χ2v) is 5.90. The van der Waals surface area contributed by atoms with Crippen LogP contribution in [0.15, 0.2) is 40.9 Å². The number of hydrogen-bond donors (Lipinski definition) is 2. The molecule has 3 atom stereocenters. The Bertz CT molecular complexity index is 599. The highest BCUT2D eigenvalue weighted by Crippen LogP contribution is 2.29. The molecule has 2 heterocycles. The number of aliphatic hydroxyl groups is 2. The molecule has 0 aliphatic carbocycles. The van der Waals surface area contributed by atoms with Gasteiger partial charge in [0.15, 0.2) is 5.76 Å². The smallest absolute Gasteiger partial charge is 0.211 e. The SMILES string of the molecule is C[C@H](c1ncc(-c2ccccc2)o1)N1CC[C@H](CO)[C@H](O)C1. The van der Waals surface area contributed by atoms with E-state index in [1.54, 1.807) is 6.20 Å². The van der Waals surface area contributed by atoms with Crippen molar-refractivity contribution in [1.29, 1.82) is 0 Å². The van der Waals surface area contributed by atoms with Crippen LogP contribution in [0.5, 0.6) is 0 Å². The molecule has 0 saturated carbocycles. The molecule has 2 N–H and O–H groups in total. The summed E-state index contributed by atoms with van der Waals surface area (Å²) >= 11 is 0. The van der Waals surface area contributed by atoms with E-state index in [2.05, 4.69) is 9.88 Å². The number of oxazole rings is 1. The highest BCUT2D eigenvalue weighted by molar-refractivity contribution is 5.55. The Morgan fingerprint density at radius 2 is 2.14 bits per heavy atom. The van der Waals surface area contributed by atoms with Crippen molar-refractivity contribution in [1.82, 2.24) is 9.88 Å². The summed E-state index contributed by atoms with van der Waals surface area (Å²) in [5, 5.41) is 19.3. The van der Waals surface area contributed by atoms with E-state index in [9.17, 15) is 10.2 Å². The van der Waals surface area contributed by atoms with E-state index in [0.717, 1.165) is 24.3 Å². The number of aromatic nitrogens is 1. The summed E-state index contributed by atoms with van der Waals surface area (Å²) in [5.74, 6) is 1.40. The Morgan fingerprint density at radius 1 is 1.36 bits per heavy atom. The van der Waals surface area contributed by atoms with Crippen molar-refractivity contribution in [3.63, 3.8) is 0 Å². The predicted octanol–water partition coefficient (Wildman–Crippen LogP) is 2.08. The third kappa shape index (κ3) is 3.06. The van der Waals surface area contributed by atoms with Crippen LogP contribution in [0, 0.1) is 5.92 Å². The Balaban J connectivity index is 1.71. The minimum atomic E-state index is -0.496. The van der Waals surface area contributed by atoms with Crippen LogP contribution in [0.2, 0.25) is 0 Å². The van der Waals surface area contributed by atoms with Crippen LogP contribution in [-0.4, -0.2) is 45.9 Å². The van der Waals surface area contributed by atoms with Gasteiger partial charge in [0.2, 0.25) is 5.89 Å². The first-order chi connectivity index (χ1) is 10.7. The summed E-state index contributed by atoms with van der Waals surface area (Å²) < 4.78 is 5.89. The molecule has 5 nitrogen and oxygen atoms in total. The molecule has 1 saturated heterocycles. The van der Waals surface area contributed by atoms with Crippen LogP contribution in [0.1, 0.15) is 25.3 Å². The van der Waals surface area contributed by atoms with Crippen molar-refractivity contribution in [3.8, 4) is 11.3 Å². The standard InChI is InChI=1S/C17H22N2O3/c1-12(19-8-7-14(11-20)15(21)10-19)17-18-9-16(22-17)13-5-3-2-4-6-13/h2-6,9,12,14-15,20-21H,7-8,10-11H2,1H3/t12-,14-,15-/m1/s1. The van der Waals surface area contributed by atoms with E-state index in [-0.39, 0.29) is 18.6 Å². The van der Waals surface area contributed by atoms with E-state index in [1.165, 1.54) is 0 Å². The summed E-state index contributed by atoms with van der Waals surface area (Å²) in [6, 6.07) is 9.90. The van der Waals surface area contributed by atoms with Gasteiger partial charge in [0, 0.05) is 24.6 Å². The fraction of sp³-hybridized carbons (Fsp3) is 0.471. The molecule has 2 aromatic rings. The van der Waals surface area contributed by atoms with Gasteiger partial charge in [0.25, 0.3) is 0 Å². The third-order valence-corrected chi connectivity index (χ3v) is 4.47. The average molecular weight is 302 g/mol. The Labute approximate surface area is 130 Å². The lowest BCUT2D eigenvalue weighted by atomic mass is 9.94. The molecule has 22 heavy (non-hydrogen) atoms. The fourth-order valence-corrected chi connectivity index (χ4v) is 2.94. The maximum Gasteiger partial charge on any atom is 0.211 e. The van der Waals surface area contributed by atoms with Gasteiger partial charge in [-0.05, 0) is 19.9 Å². The van der Waals surface area contributed by atoms with E-state index in [0.29, 0.717) is 12.4 Å². The molecule has 0 bridgehead atoms. The summed E-state index contributed by atoms with van der Waals surface area (Å²) in [6.07, 6.45) is 2.04. The van der Waals surface area contributed by atoms with Crippen LogP contribution in [0.3, 0.4) is 0 Å². The highest BCUT2D eigenvalue weighted by atomic mass is 16.4. The van der Waals surface area contributed by atoms with Crippen LogP contribution >= 0.6 is 0 Å². The van der Waals surface area contributed by atoms with Crippen molar-refractivity contribution >= 4 is 0 Å². The summed E-state index contributed by atoms with van der Waals surface area (Å²) in [4.78, 5) is 6.54. The van der Waals surface area contributed by atoms with Gasteiger partial charge in [-0.2, -0.15) is 0 Å². The van der Waals surface area contributed by atoms with Gasteiger partial charge < -0.3 is 14.6 Å². The normalized spacial score (nSPS) is 24.3. The fourth-order valence-electron chi connectivity index (χ4n) is 2.94. The predicted molar refractivity (Wildman–Crippen MR) is 83.1 cm³/mol. The van der Waals surface area contributed by atoms with Crippen molar-refractivity contribution < 1.29 is 14.6 Å². The minimum Gasteiger partial charge on any atom is -0.439 e. The number of aliphatic hydroxyl groups excluding tert-OH is 2. The van der Waals surface area contributed by atoms with E-state index >= 15 is 0 Å². The van der Waals surface area contributed by atoms with Gasteiger partial charge >= 0.3 is 0 Å². The van der Waals surface area contributed by atoms with Crippen LogP contribution in [0.25, 0.3) is 11.3 Å². The number of rotatable bonds is 4. The van der Waals surface area contributed by atoms with Crippen molar-refractivity contribution in [3.05, 3.63) is 42.4 Å². The van der Waals surface area contributed by atoms with E-state index < -0.39 is 6.10 Å². The van der Waals surface area contributed by atoms with Gasteiger partial charge in [-0.25, -0.2) is 4.98 Å². The molecule has 0 radical (unpaired) electrons. The zero-order chi connectivity index (χ0) is 15.5. The molecule has 1 fully saturated rings. The first-order valence-electron chi connectivity index (χ1n) is 7.73. The number of nitrogens with zero attached hydrogens (tertiary/aromatic N) is 2. The van der Waals surface area contributed by atoms with E-state index in [4.69, 9.17) is 4.42 Å². The lowest BCUT2D eigenvalue weighted by Crippen LogP contribution is -2.45. The molecule has 1 aliphatic rings. The molecular formula is C17H22N2O3. The lowest BCUT2D eigenvalue weighted by Gasteiger charge is -2.37. The second-order valence-electron chi connectivity index (χ2n) is 5.90. The molecule has 0 amide bonds. The van der Waals surface area contributed by atoms with E-state index in [1.807, 2.05) is 37.3 Å². The molecule has 3 rings (SSSR count). The maximum atomic E-state index is 10.1. The molecule has 1 aliphatic heterocycles. The van der Waals surface area contributed by atoms with Crippen molar-refractivity contribution in [2.45, 2.75) is 25.5 Å². The molecule has 0 unspecified atom stereocenters. The molecule has 0 spiro atoms. The first-order valence-corrected chi connectivity index (χ1v) is 7.73. The molecule has 5 heteroatoms. The highest BCUT2D eigenvalue weighted by Gasteiger charge is 2.31. The Hall–Kier alpha value is -1.69. The lowest BCUT2D eigenvalue weighted by molar-refractivity contribution is -0.0177. The number of piperidine rings is 1. The number of hydrogen-bond acceptors (Lipinski definition) is 5. The molecule has 118 valence electrons. The minimum absolute atomic E-state index is 0.00625. The molecule has 1 aromatic carbocycles. The van der Waals surface area contributed by atoms with Gasteiger partial charge in [-0.3, -0.25) is 4.90 Å². The van der Waals surface area contributed by atoms with Crippen LogP contribution in [-0.2, 0) is 0 Å². The monoisotopic (exact) mass is 302 g/mol. The van der Waals surface area contributed by atoms with Gasteiger partial charge in [0.1, 0.15) is 0 Å². The van der Waals surface area contributed by atoms with Crippen molar-refractivity contribution in [2.75, 3.05) is 19.7 Å². The Morgan fingerprint density at radius 3 is 2.82 bits per heavy atom. The summed E-state index contributed by atoms with van der Waals surface area (Å²) in [5.41, 5.74) is 1.01. The number of benzene rings is 1. The van der Waals surface area contributed by atoms with Crippen LogP contribution in [0.4, 0.5) is 0 Å². The summed E-state index contributed by atoms with van der Waals surface area (Å²) in [6.45, 7) is 3.44. The van der Waals surface area contributed by atoms with Crippen molar-refractivity contribution in [2.24, 2.45) is 5.92 Å². The second kappa shape index (κ2) is 6.60. The maximum absolute atomic E-state index is 10.1. The van der Waals surface area contributed by atoms with Gasteiger partial charge in [0.05, 0.1) is 18.3 Å². The Kier molecular flexibility index (Phi) is 4.57. The quantitative estimate of drug-likeness (QED) is 0.905. The molecule has 1 aromatic heterocycles. The van der Waals surface area contributed by atoms with Gasteiger partial charge in [-0.15, -0.1) is 0 Å². The van der Waals surface area contributed by atoms with Crippen LogP contribution < -0.4 is 0 Å². The average Bonchev–Trinajstić information content (AvgIpc) is 3.05. The topological polar surface area (TPSA) is 69.7 Å². The number of β-amino-alcohol motifs (C(OH)–C–C–N with tert-alkyl or cyclic N) is 1. The molecular weight excluding hydrogens is 280 g/mol. The largest absolute Gasteiger partial charge is 0.439 e. The number of likely N-dealkylation sites (tertiary alicyclic amines) is 1.